The van der Waals surface area contributed by atoms with E-state index in [4.69, 9.17) is 0 Å². The summed E-state index contributed by atoms with van der Waals surface area (Å²) in [6.45, 7) is 7.66. The van der Waals surface area contributed by atoms with Gasteiger partial charge in [0.15, 0.2) is 0 Å². The van der Waals surface area contributed by atoms with Gasteiger partial charge in [0.05, 0.1) is 0 Å². The maximum absolute atomic E-state index is 3.24. The molecule has 1 aromatic carbocycles. The van der Waals surface area contributed by atoms with Crippen molar-refractivity contribution in [2.24, 2.45) is 0 Å². The normalized spacial score (nSPS) is 12.8. The lowest BCUT2D eigenvalue weighted by Crippen LogP contribution is -2.20. The van der Waals surface area contributed by atoms with Crippen molar-refractivity contribution >= 4 is 11.8 Å². The van der Waals surface area contributed by atoms with Crippen molar-refractivity contribution in [3.63, 3.8) is 0 Å². The van der Waals surface area contributed by atoms with Crippen molar-refractivity contribution in [3.8, 4) is 0 Å². The lowest BCUT2D eigenvalue weighted by Gasteiger charge is -2.14. The van der Waals surface area contributed by atoms with Crippen LogP contribution in [0.5, 0.6) is 0 Å². The second kappa shape index (κ2) is 6.19. The molecule has 0 saturated carbocycles. The maximum atomic E-state index is 3.24. The molecule has 0 aliphatic carbocycles. The molecule has 2 heteroatoms. The predicted molar refractivity (Wildman–Crippen MR) is 69.8 cm³/mol. The summed E-state index contributed by atoms with van der Waals surface area (Å²) in [6, 6.07) is 6.73. The highest BCUT2D eigenvalue weighted by Crippen LogP contribution is 2.26. The molecule has 0 spiro atoms. The van der Waals surface area contributed by atoms with E-state index >= 15 is 0 Å². The average Bonchev–Trinajstić information content (AvgIpc) is 2.23. The van der Waals surface area contributed by atoms with Crippen LogP contribution in [-0.4, -0.2) is 18.8 Å². The van der Waals surface area contributed by atoms with Crippen LogP contribution in [0.2, 0.25) is 0 Å². The fourth-order valence-corrected chi connectivity index (χ4v) is 2.67. The molecule has 1 rings (SSSR count). The summed E-state index contributed by atoms with van der Waals surface area (Å²) in [5, 5.41) is 3.92. The molecule has 0 bridgehead atoms. The minimum Gasteiger partial charge on any atom is -0.319 e. The molecule has 0 fully saturated rings. The first-order valence-electron chi connectivity index (χ1n) is 5.56. The minimum absolute atomic E-state index is 0.678. The van der Waals surface area contributed by atoms with Gasteiger partial charge in [0, 0.05) is 16.7 Å². The van der Waals surface area contributed by atoms with E-state index in [1.807, 2.05) is 18.8 Å². The van der Waals surface area contributed by atoms with Crippen LogP contribution >= 0.6 is 11.8 Å². The fraction of sp³-hybridized carbons (Fsp3) is 0.538. The standard InChI is InChI=1S/C13H21NS/c1-5-12(9-14-4)15-13-7-6-10(2)11(3)8-13/h6-8,12,14H,5,9H2,1-4H3. The molecule has 0 aromatic heterocycles. The van der Waals surface area contributed by atoms with E-state index in [0.29, 0.717) is 5.25 Å². The van der Waals surface area contributed by atoms with Crippen LogP contribution in [0.25, 0.3) is 0 Å². The molecular weight excluding hydrogens is 202 g/mol. The van der Waals surface area contributed by atoms with Crippen molar-refractivity contribution in [1.82, 2.24) is 5.32 Å². The van der Waals surface area contributed by atoms with Crippen LogP contribution in [0, 0.1) is 13.8 Å². The summed E-state index contributed by atoms with van der Waals surface area (Å²) >= 11 is 1.97. The van der Waals surface area contributed by atoms with Gasteiger partial charge in [0.1, 0.15) is 0 Å². The van der Waals surface area contributed by atoms with E-state index in [-0.39, 0.29) is 0 Å². The quantitative estimate of drug-likeness (QED) is 0.768. The first-order valence-corrected chi connectivity index (χ1v) is 6.43. The summed E-state index contributed by atoms with van der Waals surface area (Å²) in [4.78, 5) is 1.39. The van der Waals surface area contributed by atoms with Crippen LogP contribution in [0.3, 0.4) is 0 Å². The zero-order chi connectivity index (χ0) is 11.3. The van der Waals surface area contributed by atoms with E-state index in [1.165, 1.54) is 22.4 Å². The van der Waals surface area contributed by atoms with Gasteiger partial charge in [-0.3, -0.25) is 0 Å². The van der Waals surface area contributed by atoms with Gasteiger partial charge in [0.25, 0.3) is 0 Å². The molecule has 1 atom stereocenters. The molecule has 1 unspecified atom stereocenters. The van der Waals surface area contributed by atoms with E-state index in [0.717, 1.165) is 6.54 Å². The van der Waals surface area contributed by atoms with Gasteiger partial charge < -0.3 is 5.32 Å². The van der Waals surface area contributed by atoms with E-state index < -0.39 is 0 Å². The molecule has 0 saturated heterocycles. The number of nitrogens with one attached hydrogen (secondary N) is 1. The Hall–Kier alpha value is -0.470. The van der Waals surface area contributed by atoms with Gasteiger partial charge in [0.2, 0.25) is 0 Å². The van der Waals surface area contributed by atoms with Gasteiger partial charge in [-0.25, -0.2) is 0 Å². The smallest absolute Gasteiger partial charge is 0.0217 e. The zero-order valence-corrected chi connectivity index (χ0v) is 10.9. The number of thioether (sulfide) groups is 1. The number of rotatable bonds is 5. The SMILES string of the molecule is CCC(CNC)Sc1ccc(C)c(C)c1. The van der Waals surface area contributed by atoms with E-state index in [1.54, 1.807) is 0 Å². The minimum atomic E-state index is 0.678. The Labute approximate surface area is 97.7 Å². The third kappa shape index (κ3) is 3.88. The van der Waals surface area contributed by atoms with Crippen LogP contribution in [0.4, 0.5) is 0 Å². The Kier molecular flexibility index (Phi) is 5.20. The Balaban J connectivity index is 2.66. The highest BCUT2D eigenvalue weighted by Gasteiger charge is 2.07. The summed E-state index contributed by atoms with van der Waals surface area (Å²) in [7, 11) is 2.02. The first kappa shape index (κ1) is 12.6. The lowest BCUT2D eigenvalue weighted by molar-refractivity contribution is 0.726. The van der Waals surface area contributed by atoms with Crippen molar-refractivity contribution in [3.05, 3.63) is 29.3 Å². The van der Waals surface area contributed by atoms with Crippen LogP contribution in [-0.2, 0) is 0 Å². The summed E-state index contributed by atoms with van der Waals surface area (Å²) in [5.41, 5.74) is 2.76. The van der Waals surface area contributed by atoms with Crippen molar-refractivity contribution in [1.29, 1.82) is 0 Å². The largest absolute Gasteiger partial charge is 0.319 e. The maximum Gasteiger partial charge on any atom is 0.0217 e. The van der Waals surface area contributed by atoms with Crippen molar-refractivity contribution in [2.45, 2.75) is 37.3 Å². The zero-order valence-electron chi connectivity index (χ0n) is 10.1. The van der Waals surface area contributed by atoms with Gasteiger partial charge in [-0.2, -0.15) is 0 Å². The summed E-state index contributed by atoms with van der Waals surface area (Å²) < 4.78 is 0. The Morgan fingerprint density at radius 2 is 2.00 bits per heavy atom. The molecule has 1 N–H and O–H groups in total. The van der Waals surface area contributed by atoms with Gasteiger partial charge >= 0.3 is 0 Å². The predicted octanol–water partition coefficient (Wildman–Crippen LogP) is 3.39. The Morgan fingerprint density at radius 3 is 2.53 bits per heavy atom. The second-order valence-corrected chi connectivity index (χ2v) is 5.33. The van der Waals surface area contributed by atoms with Crippen LogP contribution in [0.15, 0.2) is 23.1 Å². The molecule has 1 nitrogen and oxygen atoms in total. The molecule has 0 aliphatic rings. The van der Waals surface area contributed by atoms with Gasteiger partial charge in [-0.1, -0.05) is 13.0 Å². The van der Waals surface area contributed by atoms with Gasteiger partial charge in [-0.15, -0.1) is 11.8 Å². The molecule has 0 heterocycles. The molecule has 0 radical (unpaired) electrons. The molecule has 0 aliphatic heterocycles. The number of aryl methyl sites for hydroxylation is 2. The Bertz CT molecular complexity index is 309. The third-order valence-corrected chi connectivity index (χ3v) is 4.03. The van der Waals surface area contributed by atoms with Crippen LogP contribution in [0.1, 0.15) is 24.5 Å². The summed E-state index contributed by atoms with van der Waals surface area (Å²) in [5.74, 6) is 0. The number of hydrogen-bond acceptors (Lipinski definition) is 2. The Morgan fingerprint density at radius 1 is 1.27 bits per heavy atom. The van der Waals surface area contributed by atoms with Crippen molar-refractivity contribution in [2.75, 3.05) is 13.6 Å². The monoisotopic (exact) mass is 223 g/mol. The average molecular weight is 223 g/mol. The second-order valence-electron chi connectivity index (χ2n) is 3.95. The molecule has 15 heavy (non-hydrogen) atoms. The lowest BCUT2D eigenvalue weighted by atomic mass is 10.1. The third-order valence-electron chi connectivity index (χ3n) is 2.67. The topological polar surface area (TPSA) is 12.0 Å². The van der Waals surface area contributed by atoms with E-state index in [2.05, 4.69) is 44.3 Å². The van der Waals surface area contributed by atoms with Crippen LogP contribution < -0.4 is 5.32 Å². The van der Waals surface area contributed by atoms with Gasteiger partial charge in [-0.05, 0) is 50.6 Å². The highest BCUT2D eigenvalue weighted by atomic mass is 32.2. The molecule has 84 valence electrons. The molecular formula is C13H21NS. The van der Waals surface area contributed by atoms with Crippen molar-refractivity contribution < 1.29 is 0 Å². The number of hydrogen-bond donors (Lipinski definition) is 1. The molecule has 1 aromatic rings. The van der Waals surface area contributed by atoms with E-state index in [9.17, 15) is 0 Å². The molecule has 0 amide bonds. The summed E-state index contributed by atoms with van der Waals surface area (Å²) in [6.07, 6.45) is 1.21. The highest BCUT2D eigenvalue weighted by molar-refractivity contribution is 8.00. The number of benzene rings is 1. The fourth-order valence-electron chi connectivity index (χ4n) is 1.48. The first-order chi connectivity index (χ1) is 7.17.